The van der Waals surface area contributed by atoms with Crippen LogP contribution in [0, 0.1) is 12.7 Å². The first-order valence-electron chi connectivity index (χ1n) is 12.2. The van der Waals surface area contributed by atoms with Gasteiger partial charge in [0.05, 0.1) is 11.8 Å². The Kier molecular flexibility index (Phi) is 7.09. The maximum absolute atomic E-state index is 13.2. The van der Waals surface area contributed by atoms with Crippen molar-refractivity contribution in [1.29, 1.82) is 0 Å². The van der Waals surface area contributed by atoms with Gasteiger partial charge in [0.15, 0.2) is 5.76 Å². The zero-order valence-electron chi connectivity index (χ0n) is 20.3. The third-order valence-electron chi connectivity index (χ3n) is 6.49. The van der Waals surface area contributed by atoms with Gasteiger partial charge in [-0.05, 0) is 61.0 Å². The lowest BCUT2D eigenvalue weighted by atomic mass is 10.1. The molecule has 36 heavy (non-hydrogen) atoms. The highest BCUT2D eigenvalue weighted by Gasteiger charge is 2.19. The fourth-order valence-corrected chi connectivity index (χ4v) is 4.49. The molecular formula is C29H29FN4O2. The monoisotopic (exact) mass is 484 g/mol. The van der Waals surface area contributed by atoms with Crippen LogP contribution in [-0.2, 0) is 0 Å². The van der Waals surface area contributed by atoms with Crippen LogP contribution in [0.15, 0.2) is 83.4 Å². The quantitative estimate of drug-likeness (QED) is 0.400. The summed E-state index contributed by atoms with van der Waals surface area (Å²) in [6, 6.07) is 21.9. The predicted molar refractivity (Wildman–Crippen MR) is 139 cm³/mol. The average Bonchev–Trinajstić information content (AvgIpc) is 3.40. The molecule has 1 fully saturated rings. The smallest absolute Gasteiger partial charge is 0.252 e. The lowest BCUT2D eigenvalue weighted by Crippen LogP contribution is -2.48. The topological polar surface area (TPSA) is 61.6 Å². The van der Waals surface area contributed by atoms with Gasteiger partial charge in [0.2, 0.25) is 5.89 Å². The van der Waals surface area contributed by atoms with Gasteiger partial charge < -0.3 is 14.6 Å². The number of piperazine rings is 1. The second kappa shape index (κ2) is 10.7. The molecule has 184 valence electrons. The van der Waals surface area contributed by atoms with Crippen LogP contribution in [0.25, 0.3) is 22.8 Å². The molecular weight excluding hydrogens is 455 g/mol. The van der Waals surface area contributed by atoms with Crippen molar-refractivity contribution in [1.82, 2.24) is 15.2 Å². The molecule has 1 aliphatic heterocycles. The number of oxazole rings is 1. The molecule has 0 unspecified atom stereocenters. The SMILES string of the molecule is Cc1cccc(N2CCN(CCNC(=O)c3ccccc3-c3ncc(-c4ccc(F)cc4)o3)CC2)c1. The number of carbonyl (C=O) groups is 1. The molecule has 7 heteroatoms. The van der Waals surface area contributed by atoms with Gasteiger partial charge in [-0.3, -0.25) is 9.69 Å². The van der Waals surface area contributed by atoms with E-state index in [0.29, 0.717) is 29.3 Å². The number of carbonyl (C=O) groups excluding carboxylic acids is 1. The molecule has 1 aliphatic rings. The summed E-state index contributed by atoms with van der Waals surface area (Å²) in [6.07, 6.45) is 1.59. The van der Waals surface area contributed by atoms with Gasteiger partial charge in [-0.2, -0.15) is 0 Å². The van der Waals surface area contributed by atoms with E-state index in [9.17, 15) is 9.18 Å². The number of nitrogens with one attached hydrogen (secondary N) is 1. The number of hydrogen-bond acceptors (Lipinski definition) is 5. The molecule has 0 bridgehead atoms. The van der Waals surface area contributed by atoms with E-state index in [0.717, 1.165) is 38.3 Å². The van der Waals surface area contributed by atoms with Crippen LogP contribution in [0.4, 0.5) is 10.1 Å². The van der Waals surface area contributed by atoms with Gasteiger partial charge in [-0.15, -0.1) is 0 Å². The van der Waals surface area contributed by atoms with E-state index in [1.54, 1.807) is 24.4 Å². The maximum atomic E-state index is 13.2. The van der Waals surface area contributed by atoms with Crippen molar-refractivity contribution < 1.29 is 13.6 Å². The molecule has 0 atom stereocenters. The van der Waals surface area contributed by atoms with E-state index in [-0.39, 0.29) is 11.7 Å². The number of nitrogens with zero attached hydrogens (tertiary/aromatic N) is 3. The van der Waals surface area contributed by atoms with Gasteiger partial charge in [-0.1, -0.05) is 24.3 Å². The minimum atomic E-state index is -0.311. The van der Waals surface area contributed by atoms with E-state index in [1.165, 1.54) is 23.4 Å². The first-order chi connectivity index (χ1) is 17.6. The van der Waals surface area contributed by atoms with E-state index in [2.05, 4.69) is 51.3 Å². The first-order valence-corrected chi connectivity index (χ1v) is 12.2. The Labute approximate surface area is 210 Å². The molecule has 0 aliphatic carbocycles. The van der Waals surface area contributed by atoms with Gasteiger partial charge >= 0.3 is 0 Å². The Morgan fingerprint density at radius 2 is 1.78 bits per heavy atom. The molecule has 5 rings (SSSR count). The third-order valence-corrected chi connectivity index (χ3v) is 6.49. The number of aryl methyl sites for hydroxylation is 1. The summed E-state index contributed by atoms with van der Waals surface area (Å²) in [6.45, 7) is 7.34. The Balaban J connectivity index is 1.17. The second-order valence-corrected chi connectivity index (χ2v) is 9.01. The number of anilines is 1. The molecule has 0 radical (unpaired) electrons. The van der Waals surface area contributed by atoms with Gasteiger partial charge in [0, 0.05) is 56.1 Å². The standard InChI is InChI=1S/C29H29FN4O2/c1-21-5-4-6-24(19-21)34-17-15-33(16-18-34)14-13-31-28(35)25-7-2-3-8-26(25)29-32-20-27(36-29)22-9-11-23(30)12-10-22/h2-12,19-20H,13-18H2,1H3,(H,31,35). The summed E-state index contributed by atoms with van der Waals surface area (Å²) in [5.74, 6) is 0.400. The Bertz CT molecular complexity index is 1330. The van der Waals surface area contributed by atoms with Crippen molar-refractivity contribution in [2.75, 3.05) is 44.2 Å². The van der Waals surface area contributed by atoms with Crippen LogP contribution in [0.3, 0.4) is 0 Å². The fraction of sp³-hybridized carbons (Fsp3) is 0.241. The number of benzene rings is 3. The summed E-state index contributed by atoms with van der Waals surface area (Å²) in [7, 11) is 0. The van der Waals surface area contributed by atoms with Crippen molar-refractivity contribution in [2.45, 2.75) is 6.92 Å². The van der Waals surface area contributed by atoms with Gasteiger partial charge in [-0.25, -0.2) is 9.37 Å². The normalized spacial score (nSPS) is 14.1. The molecule has 2 heterocycles. The van der Waals surface area contributed by atoms with Crippen molar-refractivity contribution in [3.63, 3.8) is 0 Å². The summed E-state index contributed by atoms with van der Waals surface area (Å²) >= 11 is 0. The first kappa shape index (κ1) is 23.8. The Hall–Kier alpha value is -3.97. The average molecular weight is 485 g/mol. The summed E-state index contributed by atoms with van der Waals surface area (Å²) in [5.41, 5.74) is 4.40. The molecule has 0 spiro atoms. The van der Waals surface area contributed by atoms with Crippen LogP contribution in [0.5, 0.6) is 0 Å². The van der Waals surface area contributed by atoms with Crippen molar-refractivity contribution in [3.05, 3.63) is 95.9 Å². The highest BCUT2D eigenvalue weighted by Crippen LogP contribution is 2.28. The molecule has 0 saturated carbocycles. The molecule has 4 aromatic rings. The number of aromatic nitrogens is 1. The maximum Gasteiger partial charge on any atom is 0.252 e. The number of hydrogen-bond donors (Lipinski definition) is 1. The molecule has 1 amide bonds. The zero-order chi connectivity index (χ0) is 24.9. The third kappa shape index (κ3) is 5.47. The molecule has 3 aromatic carbocycles. The van der Waals surface area contributed by atoms with E-state index in [1.807, 2.05) is 18.2 Å². The Morgan fingerprint density at radius 1 is 1.00 bits per heavy atom. The predicted octanol–water partition coefficient (Wildman–Crippen LogP) is 5.01. The number of amides is 1. The summed E-state index contributed by atoms with van der Waals surface area (Å²) in [5, 5.41) is 3.05. The Morgan fingerprint density at radius 3 is 2.56 bits per heavy atom. The van der Waals surface area contributed by atoms with Crippen LogP contribution >= 0.6 is 0 Å². The lowest BCUT2D eigenvalue weighted by molar-refractivity contribution is 0.0948. The molecule has 6 nitrogen and oxygen atoms in total. The van der Waals surface area contributed by atoms with Gasteiger partial charge in [0.25, 0.3) is 5.91 Å². The molecule has 1 saturated heterocycles. The molecule has 1 N–H and O–H groups in total. The van der Waals surface area contributed by atoms with Crippen molar-refractivity contribution in [3.8, 4) is 22.8 Å². The van der Waals surface area contributed by atoms with Crippen molar-refractivity contribution >= 4 is 11.6 Å². The van der Waals surface area contributed by atoms with Crippen LogP contribution in [0.1, 0.15) is 15.9 Å². The van der Waals surface area contributed by atoms with Crippen molar-refractivity contribution in [2.24, 2.45) is 0 Å². The largest absolute Gasteiger partial charge is 0.436 e. The number of rotatable bonds is 7. The van der Waals surface area contributed by atoms with Crippen LogP contribution in [-0.4, -0.2) is 55.1 Å². The minimum absolute atomic E-state index is 0.162. The lowest BCUT2D eigenvalue weighted by Gasteiger charge is -2.36. The summed E-state index contributed by atoms with van der Waals surface area (Å²) in [4.78, 5) is 22.2. The minimum Gasteiger partial charge on any atom is -0.436 e. The van der Waals surface area contributed by atoms with Crippen LogP contribution in [0.2, 0.25) is 0 Å². The summed E-state index contributed by atoms with van der Waals surface area (Å²) < 4.78 is 19.2. The highest BCUT2D eigenvalue weighted by atomic mass is 19.1. The van der Waals surface area contributed by atoms with E-state index < -0.39 is 0 Å². The second-order valence-electron chi connectivity index (χ2n) is 9.01. The van der Waals surface area contributed by atoms with Gasteiger partial charge in [0.1, 0.15) is 5.82 Å². The number of halogens is 1. The van der Waals surface area contributed by atoms with E-state index in [4.69, 9.17) is 4.42 Å². The molecule has 1 aromatic heterocycles. The van der Waals surface area contributed by atoms with E-state index >= 15 is 0 Å². The fourth-order valence-electron chi connectivity index (χ4n) is 4.49. The highest BCUT2D eigenvalue weighted by molar-refractivity contribution is 6.00. The van der Waals surface area contributed by atoms with Crippen LogP contribution < -0.4 is 10.2 Å². The zero-order valence-corrected chi connectivity index (χ0v) is 20.3.